The molecule has 1 heterocycles. The third-order valence-electron chi connectivity index (χ3n) is 4.29. The van der Waals surface area contributed by atoms with E-state index in [-0.39, 0.29) is 24.1 Å². The number of nitrogens with zero attached hydrogens (tertiary/aromatic N) is 1. The quantitative estimate of drug-likeness (QED) is 0.622. The number of para-hydroxylation sites is 2. The van der Waals surface area contributed by atoms with E-state index in [0.29, 0.717) is 22.3 Å². The average Bonchev–Trinajstić information content (AvgIpc) is 2.92. The summed E-state index contributed by atoms with van der Waals surface area (Å²) in [5, 5.41) is 7.48. The zero-order valence-electron chi connectivity index (χ0n) is 16.5. The molecule has 2 aromatic carbocycles. The van der Waals surface area contributed by atoms with Crippen LogP contribution in [0, 0.1) is 0 Å². The van der Waals surface area contributed by atoms with E-state index >= 15 is 0 Å². The first kappa shape index (κ1) is 21.9. The van der Waals surface area contributed by atoms with E-state index in [1.54, 1.807) is 6.08 Å². The first-order valence-corrected chi connectivity index (χ1v) is 10.8. The summed E-state index contributed by atoms with van der Waals surface area (Å²) in [4.78, 5) is 28.6. The number of methoxy groups -OCH3 is 1. The van der Waals surface area contributed by atoms with Gasteiger partial charge >= 0.3 is 5.97 Å². The van der Waals surface area contributed by atoms with Crippen LogP contribution >= 0.6 is 23.4 Å². The number of carbonyl (C=O) groups excluding carboxylic acids is 2. The van der Waals surface area contributed by atoms with E-state index in [2.05, 4.69) is 15.6 Å². The Hall–Kier alpha value is -2.77. The van der Waals surface area contributed by atoms with Crippen LogP contribution in [0.2, 0.25) is 5.02 Å². The van der Waals surface area contributed by atoms with E-state index in [1.807, 2.05) is 48.5 Å². The van der Waals surface area contributed by atoms with Crippen molar-refractivity contribution in [3.63, 3.8) is 0 Å². The minimum atomic E-state index is -0.350. The van der Waals surface area contributed by atoms with Gasteiger partial charge < -0.3 is 15.4 Å². The van der Waals surface area contributed by atoms with Gasteiger partial charge in [-0.15, -0.1) is 0 Å². The second-order valence-corrected chi connectivity index (χ2v) is 7.96. The molecule has 156 valence electrons. The molecule has 0 bridgehead atoms. The van der Waals surface area contributed by atoms with Gasteiger partial charge in [0.05, 0.1) is 35.7 Å². The molecule has 1 aliphatic heterocycles. The number of carbonyl (C=O) groups is 2. The van der Waals surface area contributed by atoms with Crippen LogP contribution in [0.25, 0.3) is 0 Å². The molecule has 0 fully saturated rings. The summed E-state index contributed by atoms with van der Waals surface area (Å²) < 4.78 is 4.76. The smallest absolute Gasteiger partial charge is 0.311 e. The predicted molar refractivity (Wildman–Crippen MR) is 122 cm³/mol. The van der Waals surface area contributed by atoms with Gasteiger partial charge in [-0.1, -0.05) is 47.6 Å². The van der Waals surface area contributed by atoms with Gasteiger partial charge in [-0.25, -0.2) is 4.99 Å². The molecule has 0 aliphatic carbocycles. The molecule has 0 saturated heterocycles. The van der Waals surface area contributed by atoms with E-state index in [9.17, 15) is 9.59 Å². The summed E-state index contributed by atoms with van der Waals surface area (Å²) in [6, 6.07) is 15.1. The molecular weight excluding hydrogens is 422 g/mol. The number of hydrogen-bond donors (Lipinski definition) is 2. The lowest BCUT2D eigenvalue weighted by molar-refractivity contribution is -0.139. The van der Waals surface area contributed by atoms with Gasteiger partial charge in [0.15, 0.2) is 0 Å². The Labute approximate surface area is 184 Å². The lowest BCUT2D eigenvalue weighted by atomic mass is 10.1. The Morgan fingerprint density at radius 3 is 2.70 bits per heavy atom. The average molecular weight is 444 g/mol. The molecule has 2 aromatic rings. The summed E-state index contributed by atoms with van der Waals surface area (Å²) in [5.41, 5.74) is 3.33. The van der Waals surface area contributed by atoms with Gasteiger partial charge in [0, 0.05) is 17.3 Å². The van der Waals surface area contributed by atoms with E-state index in [0.717, 1.165) is 23.4 Å². The van der Waals surface area contributed by atoms with Crippen molar-refractivity contribution < 1.29 is 14.3 Å². The van der Waals surface area contributed by atoms with Crippen LogP contribution < -0.4 is 10.6 Å². The standard InChI is InChI=1S/C22H22ClN3O3S/c1-29-22(28)13-17-12-21(26-19-5-3-2-4-18(19)25-17)30-14-20(27)24-11-10-15-6-8-16(23)9-7-15/h2-9,12,25H,10-11,13-14H2,1H3,(H,24,27). The van der Waals surface area contributed by atoms with Crippen molar-refractivity contribution in [2.75, 3.05) is 24.7 Å². The fourth-order valence-electron chi connectivity index (χ4n) is 2.77. The molecule has 30 heavy (non-hydrogen) atoms. The van der Waals surface area contributed by atoms with Crippen LogP contribution in [0.4, 0.5) is 11.4 Å². The first-order chi connectivity index (χ1) is 14.5. The van der Waals surface area contributed by atoms with Crippen LogP contribution in [-0.4, -0.2) is 36.3 Å². The molecule has 1 amide bonds. The van der Waals surface area contributed by atoms with Crippen LogP contribution in [0.5, 0.6) is 0 Å². The molecule has 8 heteroatoms. The Balaban J connectivity index is 1.58. The summed E-state index contributed by atoms with van der Waals surface area (Å²) in [6.07, 6.45) is 2.61. The second-order valence-electron chi connectivity index (χ2n) is 6.53. The van der Waals surface area contributed by atoms with Crippen molar-refractivity contribution in [3.05, 3.63) is 70.9 Å². The van der Waals surface area contributed by atoms with Gasteiger partial charge in [0.1, 0.15) is 0 Å². The number of esters is 1. The number of ether oxygens (including phenoxy) is 1. The molecule has 3 rings (SSSR count). The number of anilines is 1. The third kappa shape index (κ3) is 6.64. The normalized spacial score (nSPS) is 12.6. The second kappa shape index (κ2) is 10.8. The lowest BCUT2D eigenvalue weighted by Gasteiger charge is -2.09. The monoisotopic (exact) mass is 443 g/mol. The highest BCUT2D eigenvalue weighted by molar-refractivity contribution is 8.14. The predicted octanol–water partition coefficient (Wildman–Crippen LogP) is 4.33. The van der Waals surface area contributed by atoms with E-state index in [1.165, 1.54) is 18.9 Å². The molecule has 0 spiro atoms. The number of halogens is 1. The van der Waals surface area contributed by atoms with Crippen molar-refractivity contribution in [1.82, 2.24) is 5.32 Å². The van der Waals surface area contributed by atoms with Crippen molar-refractivity contribution in [2.45, 2.75) is 12.8 Å². The Bertz CT molecular complexity index is 974. The molecule has 0 aromatic heterocycles. The Kier molecular flexibility index (Phi) is 7.93. The van der Waals surface area contributed by atoms with E-state index < -0.39 is 0 Å². The molecular formula is C22H22ClN3O3S. The van der Waals surface area contributed by atoms with Crippen LogP contribution in [0.1, 0.15) is 12.0 Å². The van der Waals surface area contributed by atoms with Crippen molar-refractivity contribution in [2.24, 2.45) is 4.99 Å². The molecule has 0 atom stereocenters. The van der Waals surface area contributed by atoms with Gasteiger partial charge in [0.25, 0.3) is 0 Å². The maximum atomic E-state index is 12.2. The number of benzene rings is 2. The SMILES string of the molecule is COC(=O)CC1=CC(SCC(=O)NCCc2ccc(Cl)cc2)=Nc2ccccc2N1. The molecule has 0 saturated carbocycles. The maximum absolute atomic E-state index is 12.2. The zero-order valence-corrected chi connectivity index (χ0v) is 18.1. The van der Waals surface area contributed by atoms with Crippen molar-refractivity contribution >= 4 is 51.7 Å². The fourth-order valence-corrected chi connectivity index (χ4v) is 3.67. The molecule has 2 N–H and O–H groups in total. The number of aliphatic imine (C=N–C) groups is 1. The lowest BCUT2D eigenvalue weighted by Crippen LogP contribution is -2.27. The van der Waals surface area contributed by atoms with Crippen LogP contribution in [-0.2, 0) is 20.7 Å². The zero-order chi connectivity index (χ0) is 21.3. The minimum absolute atomic E-state index is 0.0786. The Morgan fingerprint density at radius 2 is 1.93 bits per heavy atom. The van der Waals surface area contributed by atoms with Crippen LogP contribution in [0.3, 0.4) is 0 Å². The van der Waals surface area contributed by atoms with Crippen molar-refractivity contribution in [1.29, 1.82) is 0 Å². The summed E-state index contributed by atoms with van der Waals surface area (Å²) in [6.45, 7) is 0.543. The van der Waals surface area contributed by atoms with Crippen LogP contribution in [0.15, 0.2) is 65.3 Å². The highest BCUT2D eigenvalue weighted by atomic mass is 35.5. The number of amides is 1. The molecule has 6 nitrogen and oxygen atoms in total. The number of thioether (sulfide) groups is 1. The highest BCUT2D eigenvalue weighted by Crippen LogP contribution is 2.30. The minimum Gasteiger partial charge on any atom is -0.469 e. The topological polar surface area (TPSA) is 79.8 Å². The van der Waals surface area contributed by atoms with Gasteiger partial charge in [0.2, 0.25) is 5.91 Å². The summed E-state index contributed by atoms with van der Waals surface area (Å²) in [5.74, 6) is -0.202. The fraction of sp³-hybridized carbons (Fsp3) is 0.227. The number of rotatable bonds is 7. The third-order valence-corrected chi connectivity index (χ3v) is 5.45. The Morgan fingerprint density at radius 1 is 1.17 bits per heavy atom. The van der Waals surface area contributed by atoms with E-state index in [4.69, 9.17) is 16.3 Å². The molecule has 0 unspecified atom stereocenters. The largest absolute Gasteiger partial charge is 0.469 e. The highest BCUT2D eigenvalue weighted by Gasteiger charge is 2.15. The number of hydrogen-bond acceptors (Lipinski definition) is 6. The summed E-state index contributed by atoms with van der Waals surface area (Å²) in [7, 11) is 1.35. The maximum Gasteiger partial charge on any atom is 0.311 e. The van der Waals surface area contributed by atoms with Crippen molar-refractivity contribution in [3.8, 4) is 0 Å². The number of nitrogens with one attached hydrogen (secondary N) is 2. The molecule has 0 radical (unpaired) electrons. The van der Waals surface area contributed by atoms with Gasteiger partial charge in [-0.05, 0) is 42.3 Å². The summed E-state index contributed by atoms with van der Waals surface area (Å²) >= 11 is 7.20. The van der Waals surface area contributed by atoms with Gasteiger partial charge in [-0.3, -0.25) is 9.59 Å². The number of fused-ring (bicyclic) bond motifs is 1. The first-order valence-electron chi connectivity index (χ1n) is 9.39. The van der Waals surface area contributed by atoms with Gasteiger partial charge in [-0.2, -0.15) is 0 Å². The molecule has 1 aliphatic rings.